The van der Waals surface area contributed by atoms with Gasteiger partial charge in [-0.1, -0.05) is 25.0 Å². The maximum absolute atomic E-state index is 12.7. The first-order chi connectivity index (χ1) is 12.8. The number of rotatable bonds is 3. The average molecular weight is 350 g/mol. The maximum Gasteiger partial charge on any atom is 0.227 e. The zero-order chi connectivity index (χ0) is 17.5. The molecular weight excluding hydrogens is 324 g/mol. The minimum atomic E-state index is 0.203. The Morgan fingerprint density at radius 1 is 1.12 bits per heavy atom. The van der Waals surface area contributed by atoms with Gasteiger partial charge in [-0.15, -0.1) is 10.2 Å². The molecule has 2 bridgehead atoms. The molecule has 1 aliphatic heterocycles. The number of anilines is 1. The van der Waals surface area contributed by atoms with Crippen molar-refractivity contribution in [1.29, 1.82) is 0 Å². The third-order valence-electron chi connectivity index (χ3n) is 6.57. The lowest BCUT2D eigenvalue weighted by Crippen LogP contribution is -2.27. The Kier molecular flexibility index (Phi) is 4.03. The molecule has 0 spiro atoms. The molecule has 0 unspecified atom stereocenters. The first-order valence-electron chi connectivity index (χ1n) is 10.1. The molecule has 2 heterocycles. The lowest BCUT2D eigenvalue weighted by Gasteiger charge is -2.21. The van der Waals surface area contributed by atoms with Crippen LogP contribution in [0.4, 0.5) is 5.69 Å². The van der Waals surface area contributed by atoms with Gasteiger partial charge in [-0.2, -0.15) is 0 Å². The number of hydrogen-bond acceptors (Lipinski definition) is 3. The van der Waals surface area contributed by atoms with Gasteiger partial charge in [0, 0.05) is 30.1 Å². The van der Waals surface area contributed by atoms with E-state index >= 15 is 0 Å². The Bertz CT molecular complexity index is 827. The molecule has 1 amide bonds. The van der Waals surface area contributed by atoms with Crippen molar-refractivity contribution < 1.29 is 4.79 Å². The lowest BCUT2D eigenvalue weighted by atomic mass is 9.88. The quantitative estimate of drug-likeness (QED) is 0.908. The second-order valence-corrected chi connectivity index (χ2v) is 8.25. The summed E-state index contributed by atoms with van der Waals surface area (Å²) in [7, 11) is 0. The van der Waals surface area contributed by atoms with E-state index < -0.39 is 0 Å². The Hall–Kier alpha value is -2.17. The maximum atomic E-state index is 12.7. The van der Waals surface area contributed by atoms with Gasteiger partial charge in [0.2, 0.25) is 5.91 Å². The molecule has 2 aliphatic carbocycles. The Balaban J connectivity index is 1.36. The van der Waals surface area contributed by atoms with Crippen molar-refractivity contribution >= 4 is 11.6 Å². The largest absolute Gasteiger partial charge is 0.326 e. The molecule has 5 nitrogen and oxygen atoms in total. The van der Waals surface area contributed by atoms with Crippen LogP contribution in [0.5, 0.6) is 0 Å². The highest BCUT2D eigenvalue weighted by Gasteiger charge is 2.43. The van der Waals surface area contributed by atoms with E-state index in [1.165, 1.54) is 38.5 Å². The molecule has 5 heteroatoms. The van der Waals surface area contributed by atoms with Crippen LogP contribution in [0.1, 0.15) is 50.8 Å². The van der Waals surface area contributed by atoms with E-state index in [9.17, 15) is 4.79 Å². The molecular formula is C21H26N4O. The zero-order valence-corrected chi connectivity index (χ0v) is 15.2. The molecule has 2 aromatic rings. The first kappa shape index (κ1) is 16.0. The van der Waals surface area contributed by atoms with Crippen LogP contribution >= 0.6 is 0 Å². The average Bonchev–Trinajstić information content (AvgIpc) is 3.34. The van der Waals surface area contributed by atoms with E-state index in [1.54, 1.807) is 0 Å². The number of nitrogens with one attached hydrogen (secondary N) is 1. The topological polar surface area (TPSA) is 59.8 Å². The molecule has 2 fully saturated rings. The Morgan fingerprint density at radius 2 is 2.08 bits per heavy atom. The van der Waals surface area contributed by atoms with Crippen molar-refractivity contribution in [2.24, 2.45) is 17.8 Å². The van der Waals surface area contributed by atoms with E-state index in [2.05, 4.69) is 26.1 Å². The van der Waals surface area contributed by atoms with Crippen LogP contribution in [0.25, 0.3) is 11.4 Å². The van der Waals surface area contributed by atoms with E-state index in [0.29, 0.717) is 5.92 Å². The summed E-state index contributed by atoms with van der Waals surface area (Å²) in [5.41, 5.74) is 1.91. The molecule has 1 aromatic heterocycles. The predicted molar refractivity (Wildman–Crippen MR) is 101 cm³/mol. The summed E-state index contributed by atoms with van der Waals surface area (Å²) in [6.45, 7) is 0.986. The van der Waals surface area contributed by atoms with Crippen LogP contribution in [0.3, 0.4) is 0 Å². The van der Waals surface area contributed by atoms with Gasteiger partial charge in [-0.05, 0) is 56.1 Å². The number of carbonyl (C=O) groups is 1. The van der Waals surface area contributed by atoms with E-state index in [1.807, 2.05) is 18.2 Å². The zero-order valence-electron chi connectivity index (χ0n) is 15.2. The molecule has 0 saturated heterocycles. The number of aromatic nitrogens is 3. The fourth-order valence-corrected chi connectivity index (χ4v) is 5.24. The van der Waals surface area contributed by atoms with Crippen LogP contribution in [0.15, 0.2) is 24.3 Å². The summed E-state index contributed by atoms with van der Waals surface area (Å²) >= 11 is 0. The third-order valence-corrected chi connectivity index (χ3v) is 6.57. The number of fused-ring (bicyclic) bond motifs is 3. The number of amides is 1. The molecule has 3 atom stereocenters. The second-order valence-electron chi connectivity index (χ2n) is 8.25. The van der Waals surface area contributed by atoms with E-state index in [4.69, 9.17) is 0 Å². The predicted octanol–water partition coefficient (Wildman–Crippen LogP) is 4.05. The van der Waals surface area contributed by atoms with Crippen LogP contribution in [-0.2, 0) is 17.8 Å². The summed E-state index contributed by atoms with van der Waals surface area (Å²) in [5, 5.41) is 12.0. The van der Waals surface area contributed by atoms with Crippen molar-refractivity contribution in [2.75, 3.05) is 5.32 Å². The fourth-order valence-electron chi connectivity index (χ4n) is 5.24. The van der Waals surface area contributed by atoms with Crippen molar-refractivity contribution in [1.82, 2.24) is 14.8 Å². The Labute approximate surface area is 154 Å². The van der Waals surface area contributed by atoms with Gasteiger partial charge in [0.1, 0.15) is 5.82 Å². The van der Waals surface area contributed by atoms with Gasteiger partial charge in [0.15, 0.2) is 5.82 Å². The minimum absolute atomic E-state index is 0.203. The highest BCUT2D eigenvalue weighted by molar-refractivity contribution is 5.93. The van der Waals surface area contributed by atoms with Gasteiger partial charge in [-0.25, -0.2) is 0 Å². The summed E-state index contributed by atoms with van der Waals surface area (Å²) in [4.78, 5) is 12.7. The van der Waals surface area contributed by atoms with Crippen LogP contribution in [0, 0.1) is 17.8 Å². The minimum Gasteiger partial charge on any atom is -0.326 e. The number of aryl methyl sites for hydroxylation is 1. The van der Waals surface area contributed by atoms with Crippen LogP contribution < -0.4 is 5.32 Å². The fraction of sp³-hybridized carbons (Fsp3) is 0.571. The molecule has 136 valence electrons. The number of benzene rings is 1. The van der Waals surface area contributed by atoms with Gasteiger partial charge in [-0.3, -0.25) is 4.79 Å². The van der Waals surface area contributed by atoms with Crippen molar-refractivity contribution in [3.05, 3.63) is 30.1 Å². The third kappa shape index (κ3) is 2.83. The van der Waals surface area contributed by atoms with Gasteiger partial charge in [0.05, 0.1) is 0 Å². The standard InChI is InChI=1S/C21H26N4O/c26-21(18-12-14-8-9-15(18)11-14)22-17-6-4-5-16(13-17)20-24-23-19-7-2-1-3-10-25(19)20/h4-6,13-15,18H,1-3,7-12H2,(H,22,26)/t14-,15-,18-/m0/s1. The number of hydrogen-bond donors (Lipinski definition) is 1. The normalized spacial score (nSPS) is 27.2. The van der Waals surface area contributed by atoms with Crippen molar-refractivity contribution in [3.8, 4) is 11.4 Å². The summed E-state index contributed by atoms with van der Waals surface area (Å²) in [6.07, 6.45) is 9.51. The smallest absolute Gasteiger partial charge is 0.227 e. The lowest BCUT2D eigenvalue weighted by molar-refractivity contribution is -0.121. The number of nitrogens with zero attached hydrogens (tertiary/aromatic N) is 3. The molecule has 2 saturated carbocycles. The molecule has 3 aliphatic rings. The highest BCUT2D eigenvalue weighted by atomic mass is 16.1. The molecule has 26 heavy (non-hydrogen) atoms. The Morgan fingerprint density at radius 3 is 2.92 bits per heavy atom. The first-order valence-corrected chi connectivity index (χ1v) is 10.1. The van der Waals surface area contributed by atoms with Gasteiger partial charge >= 0.3 is 0 Å². The van der Waals surface area contributed by atoms with E-state index in [-0.39, 0.29) is 11.8 Å². The summed E-state index contributed by atoms with van der Waals surface area (Å²) < 4.78 is 2.25. The van der Waals surface area contributed by atoms with Crippen molar-refractivity contribution in [3.63, 3.8) is 0 Å². The van der Waals surface area contributed by atoms with Crippen molar-refractivity contribution in [2.45, 2.75) is 57.9 Å². The summed E-state index contributed by atoms with van der Waals surface area (Å²) in [5.74, 6) is 3.83. The monoisotopic (exact) mass is 350 g/mol. The molecule has 1 N–H and O–H groups in total. The molecule has 1 aromatic carbocycles. The highest BCUT2D eigenvalue weighted by Crippen LogP contribution is 2.48. The van der Waals surface area contributed by atoms with Gasteiger partial charge < -0.3 is 9.88 Å². The molecule has 5 rings (SSSR count). The SMILES string of the molecule is O=C(Nc1cccc(-c2nnc3n2CCCCC3)c1)[C@H]1C[C@H]2CC[C@H]1C2. The second kappa shape index (κ2) is 6.53. The number of carbonyl (C=O) groups excluding carboxylic acids is 1. The van der Waals surface area contributed by atoms with Crippen LogP contribution in [-0.4, -0.2) is 20.7 Å². The summed E-state index contributed by atoms with van der Waals surface area (Å²) in [6, 6.07) is 8.10. The molecule has 0 radical (unpaired) electrons. The van der Waals surface area contributed by atoms with Gasteiger partial charge in [0.25, 0.3) is 0 Å². The van der Waals surface area contributed by atoms with E-state index in [0.717, 1.165) is 48.2 Å². The van der Waals surface area contributed by atoms with Crippen LogP contribution in [0.2, 0.25) is 0 Å².